The van der Waals surface area contributed by atoms with Crippen molar-refractivity contribution in [2.45, 2.75) is 25.3 Å². The minimum absolute atomic E-state index is 0.0962. The molecule has 1 aromatic rings. The van der Waals surface area contributed by atoms with E-state index in [4.69, 9.17) is 10.5 Å². The number of nitrogens with two attached hydrogens (primary N) is 1. The zero-order valence-corrected chi connectivity index (χ0v) is 9.66. The summed E-state index contributed by atoms with van der Waals surface area (Å²) in [6, 6.07) is 3.69. The predicted molar refractivity (Wildman–Crippen MR) is 61.6 cm³/mol. The first-order valence-corrected chi connectivity index (χ1v) is 5.93. The molecule has 0 bridgehead atoms. The second kappa shape index (κ2) is 5.56. The van der Waals surface area contributed by atoms with Crippen molar-refractivity contribution in [1.82, 2.24) is 0 Å². The van der Waals surface area contributed by atoms with Gasteiger partial charge in [-0.15, -0.1) is 0 Å². The summed E-state index contributed by atoms with van der Waals surface area (Å²) in [5.74, 6) is -0.592. The molecule has 1 aliphatic heterocycles. The zero-order valence-electron chi connectivity index (χ0n) is 9.66. The van der Waals surface area contributed by atoms with Crippen LogP contribution in [0.15, 0.2) is 18.2 Å². The van der Waals surface area contributed by atoms with Gasteiger partial charge in [0.15, 0.2) is 0 Å². The van der Waals surface area contributed by atoms with Gasteiger partial charge in [-0.1, -0.05) is 6.07 Å². The molecule has 0 aromatic heterocycles. The molecule has 0 radical (unpaired) electrons. The van der Waals surface area contributed by atoms with Crippen LogP contribution in [0, 0.1) is 17.6 Å². The molecule has 1 aromatic carbocycles. The van der Waals surface area contributed by atoms with E-state index in [-0.39, 0.29) is 18.0 Å². The summed E-state index contributed by atoms with van der Waals surface area (Å²) < 4.78 is 32.1. The standard InChI is InChI=1S/C13H17F2NO/c14-12-2-1-3-13(15)11(12)7-10(16)6-9-4-5-17-8-9/h1-3,9-10H,4-8,16H2. The van der Waals surface area contributed by atoms with Crippen molar-refractivity contribution in [3.8, 4) is 0 Å². The Bertz CT molecular complexity index is 357. The van der Waals surface area contributed by atoms with Crippen LogP contribution in [0.2, 0.25) is 0 Å². The normalized spacial score (nSPS) is 21.7. The van der Waals surface area contributed by atoms with Crippen molar-refractivity contribution < 1.29 is 13.5 Å². The van der Waals surface area contributed by atoms with Crippen molar-refractivity contribution in [1.29, 1.82) is 0 Å². The third kappa shape index (κ3) is 3.23. The summed E-state index contributed by atoms with van der Waals surface area (Å²) in [5.41, 5.74) is 6.03. The molecule has 4 heteroatoms. The van der Waals surface area contributed by atoms with Gasteiger partial charge in [0.25, 0.3) is 0 Å². The largest absolute Gasteiger partial charge is 0.381 e. The van der Waals surface area contributed by atoms with Crippen molar-refractivity contribution in [2.24, 2.45) is 11.7 Å². The van der Waals surface area contributed by atoms with E-state index in [9.17, 15) is 8.78 Å². The quantitative estimate of drug-likeness (QED) is 0.877. The molecule has 0 aliphatic carbocycles. The Labute approximate surface area is 99.8 Å². The lowest BCUT2D eigenvalue weighted by Gasteiger charge is -2.16. The van der Waals surface area contributed by atoms with Crippen LogP contribution in [0.1, 0.15) is 18.4 Å². The highest BCUT2D eigenvalue weighted by atomic mass is 19.1. The summed E-state index contributed by atoms with van der Waals surface area (Å²) in [5, 5.41) is 0. The van der Waals surface area contributed by atoms with Crippen LogP contribution in [-0.2, 0) is 11.2 Å². The van der Waals surface area contributed by atoms with Gasteiger partial charge in [0.1, 0.15) is 11.6 Å². The zero-order chi connectivity index (χ0) is 12.3. The van der Waals surface area contributed by atoms with Gasteiger partial charge in [-0.2, -0.15) is 0 Å². The van der Waals surface area contributed by atoms with Gasteiger partial charge in [-0.25, -0.2) is 8.78 Å². The van der Waals surface area contributed by atoms with Crippen LogP contribution >= 0.6 is 0 Å². The van der Waals surface area contributed by atoms with Gasteiger partial charge < -0.3 is 10.5 Å². The Balaban J connectivity index is 1.95. The first-order valence-electron chi connectivity index (χ1n) is 5.93. The lowest BCUT2D eigenvalue weighted by atomic mass is 9.95. The average Bonchev–Trinajstić information content (AvgIpc) is 2.76. The SMILES string of the molecule is NC(Cc1c(F)cccc1F)CC1CCOC1. The highest BCUT2D eigenvalue weighted by Crippen LogP contribution is 2.20. The van der Waals surface area contributed by atoms with Crippen molar-refractivity contribution in [3.05, 3.63) is 35.4 Å². The maximum Gasteiger partial charge on any atom is 0.129 e. The van der Waals surface area contributed by atoms with Crippen molar-refractivity contribution >= 4 is 0 Å². The number of benzene rings is 1. The summed E-state index contributed by atoms with van der Waals surface area (Å²) >= 11 is 0. The Hall–Kier alpha value is -1.00. The van der Waals surface area contributed by atoms with E-state index in [2.05, 4.69) is 0 Å². The average molecular weight is 241 g/mol. The minimum atomic E-state index is -0.511. The molecule has 2 atom stereocenters. The van der Waals surface area contributed by atoms with E-state index in [0.717, 1.165) is 19.4 Å². The first-order chi connectivity index (χ1) is 8.16. The molecule has 0 amide bonds. The van der Waals surface area contributed by atoms with Gasteiger partial charge in [0.2, 0.25) is 0 Å². The Morgan fingerprint density at radius 3 is 2.65 bits per heavy atom. The van der Waals surface area contributed by atoms with Gasteiger partial charge >= 0.3 is 0 Å². The number of rotatable bonds is 4. The maximum absolute atomic E-state index is 13.4. The van der Waals surface area contributed by atoms with Gasteiger partial charge in [-0.05, 0) is 37.3 Å². The summed E-state index contributed by atoms with van der Waals surface area (Å²) in [6.07, 6.45) is 2.00. The number of hydrogen-bond acceptors (Lipinski definition) is 2. The highest BCUT2D eigenvalue weighted by Gasteiger charge is 2.20. The highest BCUT2D eigenvalue weighted by molar-refractivity contribution is 5.20. The van der Waals surface area contributed by atoms with Gasteiger partial charge in [-0.3, -0.25) is 0 Å². The van der Waals surface area contributed by atoms with E-state index in [0.29, 0.717) is 12.5 Å². The molecule has 2 unspecified atom stereocenters. The van der Waals surface area contributed by atoms with Crippen molar-refractivity contribution in [3.63, 3.8) is 0 Å². The molecule has 1 saturated heterocycles. The molecule has 1 heterocycles. The van der Waals surface area contributed by atoms with Crippen LogP contribution < -0.4 is 5.73 Å². The van der Waals surface area contributed by atoms with E-state index in [1.165, 1.54) is 18.2 Å². The second-order valence-electron chi connectivity index (χ2n) is 4.63. The lowest BCUT2D eigenvalue weighted by molar-refractivity contribution is 0.182. The molecule has 0 spiro atoms. The van der Waals surface area contributed by atoms with Crippen LogP contribution in [-0.4, -0.2) is 19.3 Å². The van der Waals surface area contributed by atoms with Crippen LogP contribution in [0.5, 0.6) is 0 Å². The molecule has 94 valence electrons. The number of hydrogen-bond donors (Lipinski definition) is 1. The van der Waals surface area contributed by atoms with Crippen molar-refractivity contribution in [2.75, 3.05) is 13.2 Å². The molecule has 2 nitrogen and oxygen atoms in total. The molecule has 1 aliphatic rings. The Kier molecular flexibility index (Phi) is 4.07. The number of ether oxygens (including phenoxy) is 1. The van der Waals surface area contributed by atoms with Gasteiger partial charge in [0.05, 0.1) is 0 Å². The molecule has 17 heavy (non-hydrogen) atoms. The fraction of sp³-hybridized carbons (Fsp3) is 0.538. The van der Waals surface area contributed by atoms with E-state index in [1.54, 1.807) is 0 Å². The second-order valence-corrected chi connectivity index (χ2v) is 4.63. The predicted octanol–water partition coefficient (Wildman–Crippen LogP) is 2.26. The van der Waals surface area contributed by atoms with E-state index < -0.39 is 11.6 Å². The molecule has 1 fully saturated rings. The molecule has 2 rings (SSSR count). The van der Waals surface area contributed by atoms with Crippen LogP contribution in [0.4, 0.5) is 8.78 Å². The Morgan fingerprint density at radius 2 is 2.06 bits per heavy atom. The van der Waals surface area contributed by atoms with Crippen LogP contribution in [0.3, 0.4) is 0 Å². The third-order valence-corrected chi connectivity index (χ3v) is 3.19. The van der Waals surface area contributed by atoms with Crippen LogP contribution in [0.25, 0.3) is 0 Å². The monoisotopic (exact) mass is 241 g/mol. The summed E-state index contributed by atoms with van der Waals surface area (Å²) in [4.78, 5) is 0. The van der Waals surface area contributed by atoms with E-state index in [1.807, 2.05) is 0 Å². The molecular formula is C13H17F2NO. The summed E-state index contributed by atoms with van der Waals surface area (Å²) in [6.45, 7) is 1.49. The summed E-state index contributed by atoms with van der Waals surface area (Å²) in [7, 11) is 0. The molecule has 2 N–H and O–H groups in total. The first kappa shape index (κ1) is 12.5. The number of halogens is 2. The van der Waals surface area contributed by atoms with Gasteiger partial charge in [0, 0.05) is 24.8 Å². The molecule has 0 saturated carbocycles. The smallest absolute Gasteiger partial charge is 0.129 e. The lowest BCUT2D eigenvalue weighted by Crippen LogP contribution is -2.27. The Morgan fingerprint density at radius 1 is 1.35 bits per heavy atom. The fourth-order valence-electron chi connectivity index (χ4n) is 2.27. The van der Waals surface area contributed by atoms with E-state index >= 15 is 0 Å². The maximum atomic E-state index is 13.4. The topological polar surface area (TPSA) is 35.2 Å². The minimum Gasteiger partial charge on any atom is -0.381 e. The fourth-order valence-corrected chi connectivity index (χ4v) is 2.27. The molecular weight excluding hydrogens is 224 g/mol. The third-order valence-electron chi connectivity index (χ3n) is 3.19.